The van der Waals surface area contributed by atoms with Crippen LogP contribution in [0.2, 0.25) is 0 Å². The number of aromatic nitrogens is 3. The molecule has 0 aliphatic heterocycles. The lowest BCUT2D eigenvalue weighted by Gasteiger charge is -2.13. The normalized spacial score (nSPS) is 10.6. The SMILES string of the molecule is COc1cc(CCN)cc(Br)c1OCc1cn(C)nn1. The fraction of sp³-hybridized carbons (Fsp3) is 0.385. The molecular weight excluding hydrogens is 324 g/mol. The van der Waals surface area contributed by atoms with Gasteiger partial charge in [-0.25, -0.2) is 0 Å². The van der Waals surface area contributed by atoms with Crippen LogP contribution in [0.1, 0.15) is 11.3 Å². The highest BCUT2D eigenvalue weighted by Gasteiger charge is 2.12. The van der Waals surface area contributed by atoms with Crippen LogP contribution in [-0.2, 0) is 20.1 Å². The first-order valence-electron chi connectivity index (χ1n) is 6.18. The van der Waals surface area contributed by atoms with E-state index in [0.717, 1.165) is 22.2 Å². The number of hydrogen-bond acceptors (Lipinski definition) is 5. The number of rotatable bonds is 6. The van der Waals surface area contributed by atoms with Crippen molar-refractivity contribution in [3.63, 3.8) is 0 Å². The van der Waals surface area contributed by atoms with Crippen molar-refractivity contribution in [2.24, 2.45) is 12.8 Å². The van der Waals surface area contributed by atoms with Gasteiger partial charge in [0.05, 0.1) is 17.8 Å². The summed E-state index contributed by atoms with van der Waals surface area (Å²) in [4.78, 5) is 0. The fourth-order valence-electron chi connectivity index (χ4n) is 1.83. The topological polar surface area (TPSA) is 75.2 Å². The number of halogens is 1. The number of aryl methyl sites for hydroxylation is 1. The van der Waals surface area contributed by atoms with Crippen LogP contribution in [0, 0.1) is 0 Å². The largest absolute Gasteiger partial charge is 0.493 e. The van der Waals surface area contributed by atoms with Gasteiger partial charge < -0.3 is 15.2 Å². The van der Waals surface area contributed by atoms with E-state index in [9.17, 15) is 0 Å². The second kappa shape index (κ2) is 6.71. The van der Waals surface area contributed by atoms with Crippen molar-refractivity contribution in [2.45, 2.75) is 13.0 Å². The molecule has 0 saturated heterocycles. The highest BCUT2D eigenvalue weighted by atomic mass is 79.9. The van der Waals surface area contributed by atoms with Gasteiger partial charge in [-0.15, -0.1) is 5.10 Å². The van der Waals surface area contributed by atoms with Gasteiger partial charge in [0.2, 0.25) is 0 Å². The first-order chi connectivity index (χ1) is 9.63. The third kappa shape index (κ3) is 3.49. The molecule has 0 spiro atoms. The lowest BCUT2D eigenvalue weighted by molar-refractivity contribution is 0.278. The van der Waals surface area contributed by atoms with Gasteiger partial charge >= 0.3 is 0 Å². The standard InChI is InChI=1S/C13H17BrN4O2/c1-18-7-10(16-17-18)8-20-13-11(14)5-9(3-4-15)6-12(13)19-2/h5-7H,3-4,8,15H2,1-2H3. The first kappa shape index (κ1) is 14.8. The van der Waals surface area contributed by atoms with E-state index in [1.54, 1.807) is 11.8 Å². The molecule has 2 N–H and O–H groups in total. The van der Waals surface area contributed by atoms with Crippen molar-refractivity contribution in [3.05, 3.63) is 34.1 Å². The molecule has 0 aliphatic rings. The number of hydrogen-bond donors (Lipinski definition) is 1. The lowest BCUT2D eigenvalue weighted by Crippen LogP contribution is -2.04. The Bertz CT molecular complexity index is 586. The van der Waals surface area contributed by atoms with E-state index < -0.39 is 0 Å². The van der Waals surface area contributed by atoms with Crippen molar-refractivity contribution in [1.29, 1.82) is 0 Å². The summed E-state index contributed by atoms with van der Waals surface area (Å²) < 4.78 is 13.6. The van der Waals surface area contributed by atoms with E-state index in [-0.39, 0.29) is 0 Å². The molecule has 2 rings (SSSR count). The highest BCUT2D eigenvalue weighted by Crippen LogP contribution is 2.37. The zero-order chi connectivity index (χ0) is 14.5. The molecule has 0 unspecified atom stereocenters. The first-order valence-corrected chi connectivity index (χ1v) is 6.97. The lowest BCUT2D eigenvalue weighted by atomic mass is 10.1. The third-order valence-corrected chi connectivity index (χ3v) is 3.33. The van der Waals surface area contributed by atoms with E-state index >= 15 is 0 Å². The van der Waals surface area contributed by atoms with Gasteiger partial charge in [-0.1, -0.05) is 5.21 Å². The molecule has 1 heterocycles. The summed E-state index contributed by atoms with van der Waals surface area (Å²) in [7, 11) is 3.43. The van der Waals surface area contributed by atoms with Crippen LogP contribution in [0.15, 0.2) is 22.8 Å². The highest BCUT2D eigenvalue weighted by molar-refractivity contribution is 9.10. The predicted octanol–water partition coefficient (Wildman–Crippen LogP) is 1.67. The van der Waals surface area contributed by atoms with Crippen molar-refractivity contribution in [2.75, 3.05) is 13.7 Å². The quantitative estimate of drug-likeness (QED) is 0.865. The third-order valence-electron chi connectivity index (χ3n) is 2.74. The van der Waals surface area contributed by atoms with Crippen LogP contribution >= 0.6 is 15.9 Å². The molecule has 7 heteroatoms. The smallest absolute Gasteiger partial charge is 0.175 e. The van der Waals surface area contributed by atoms with Gasteiger partial charge in [0.1, 0.15) is 12.3 Å². The number of ether oxygens (including phenoxy) is 2. The zero-order valence-electron chi connectivity index (χ0n) is 11.5. The van der Waals surface area contributed by atoms with Gasteiger partial charge in [-0.2, -0.15) is 0 Å². The Morgan fingerprint density at radius 3 is 2.80 bits per heavy atom. The second-order valence-electron chi connectivity index (χ2n) is 4.32. The van der Waals surface area contributed by atoms with Crippen LogP contribution in [0.5, 0.6) is 11.5 Å². The molecular formula is C13H17BrN4O2. The summed E-state index contributed by atoms with van der Waals surface area (Å²) in [5.74, 6) is 1.32. The van der Waals surface area contributed by atoms with Crippen molar-refractivity contribution in [3.8, 4) is 11.5 Å². The minimum Gasteiger partial charge on any atom is -0.493 e. The molecule has 0 bridgehead atoms. The number of nitrogens with zero attached hydrogens (tertiary/aromatic N) is 3. The molecule has 0 fully saturated rings. The van der Waals surface area contributed by atoms with Crippen LogP contribution in [0.25, 0.3) is 0 Å². The average molecular weight is 341 g/mol. The van der Waals surface area contributed by atoms with Crippen molar-refractivity contribution in [1.82, 2.24) is 15.0 Å². The average Bonchev–Trinajstić information content (AvgIpc) is 2.83. The van der Waals surface area contributed by atoms with E-state index in [4.69, 9.17) is 15.2 Å². The second-order valence-corrected chi connectivity index (χ2v) is 5.17. The maximum Gasteiger partial charge on any atom is 0.175 e. The van der Waals surface area contributed by atoms with Gasteiger partial charge in [-0.05, 0) is 46.6 Å². The van der Waals surface area contributed by atoms with Crippen LogP contribution in [0.4, 0.5) is 0 Å². The van der Waals surface area contributed by atoms with Crippen LogP contribution < -0.4 is 15.2 Å². The Morgan fingerprint density at radius 2 is 2.20 bits per heavy atom. The van der Waals surface area contributed by atoms with Crippen LogP contribution in [-0.4, -0.2) is 28.6 Å². The number of nitrogens with two attached hydrogens (primary N) is 1. The Balaban J connectivity index is 2.17. The molecule has 0 saturated carbocycles. The molecule has 1 aromatic heterocycles. The molecule has 0 radical (unpaired) electrons. The number of methoxy groups -OCH3 is 1. The monoisotopic (exact) mass is 340 g/mol. The van der Waals surface area contributed by atoms with Gasteiger partial charge in [-0.3, -0.25) is 4.68 Å². The van der Waals surface area contributed by atoms with Gasteiger partial charge in [0.15, 0.2) is 11.5 Å². The summed E-state index contributed by atoms with van der Waals surface area (Å²) in [6.45, 7) is 0.925. The minimum atomic E-state index is 0.332. The van der Waals surface area contributed by atoms with E-state index in [0.29, 0.717) is 24.7 Å². The van der Waals surface area contributed by atoms with Crippen molar-refractivity contribution >= 4 is 15.9 Å². The molecule has 1 aromatic carbocycles. The molecule has 20 heavy (non-hydrogen) atoms. The number of benzene rings is 1. The van der Waals surface area contributed by atoms with Gasteiger partial charge in [0.25, 0.3) is 0 Å². The maximum atomic E-state index is 5.77. The summed E-state index contributed by atoms with van der Waals surface area (Å²) >= 11 is 3.50. The molecule has 2 aromatic rings. The van der Waals surface area contributed by atoms with E-state index in [1.807, 2.05) is 25.4 Å². The Morgan fingerprint density at radius 1 is 1.40 bits per heavy atom. The summed E-state index contributed by atoms with van der Waals surface area (Å²) in [5, 5.41) is 7.84. The molecule has 108 valence electrons. The zero-order valence-corrected chi connectivity index (χ0v) is 13.1. The molecule has 6 nitrogen and oxygen atoms in total. The molecule has 0 aliphatic carbocycles. The van der Waals surface area contributed by atoms with Crippen LogP contribution in [0.3, 0.4) is 0 Å². The fourth-order valence-corrected chi connectivity index (χ4v) is 2.44. The van der Waals surface area contributed by atoms with E-state index in [1.165, 1.54) is 0 Å². The van der Waals surface area contributed by atoms with E-state index in [2.05, 4.69) is 26.2 Å². The molecule has 0 atom stereocenters. The molecule has 0 amide bonds. The Hall–Kier alpha value is -1.60. The maximum absolute atomic E-state index is 5.77. The summed E-state index contributed by atoms with van der Waals surface area (Å²) in [5.41, 5.74) is 7.43. The Labute approximate surface area is 126 Å². The predicted molar refractivity (Wildman–Crippen MR) is 78.8 cm³/mol. The Kier molecular flexibility index (Phi) is 4.97. The summed E-state index contributed by atoms with van der Waals surface area (Å²) in [6.07, 6.45) is 2.60. The minimum absolute atomic E-state index is 0.332. The van der Waals surface area contributed by atoms with Crippen molar-refractivity contribution < 1.29 is 9.47 Å². The van der Waals surface area contributed by atoms with Gasteiger partial charge in [0, 0.05) is 7.05 Å². The summed E-state index contributed by atoms with van der Waals surface area (Å²) in [6, 6.07) is 3.92.